The zero-order chi connectivity index (χ0) is 22.1. The standard InChI is InChI=1S/C20H28N6O3S/c1-14-12-17(23-16(3)27)6-7-18(14)30(28,29)26-10-8-25(9-11-26)20-13-19(24(4)5)21-15(2)22-20/h6-7,12-13H,8-11H2,1-5H3,(H,23,27). The van der Waals surface area contributed by atoms with Gasteiger partial charge in [-0.25, -0.2) is 18.4 Å². The Balaban J connectivity index is 1.75. The molecule has 1 aromatic carbocycles. The summed E-state index contributed by atoms with van der Waals surface area (Å²) in [6, 6.07) is 6.77. The number of hydrogen-bond donors (Lipinski definition) is 1. The molecular weight excluding hydrogens is 404 g/mol. The first-order chi connectivity index (χ1) is 14.1. The number of anilines is 3. The zero-order valence-corrected chi connectivity index (χ0v) is 18.8. The first-order valence-electron chi connectivity index (χ1n) is 9.74. The predicted molar refractivity (Wildman–Crippen MR) is 118 cm³/mol. The van der Waals surface area contributed by atoms with Crippen molar-refractivity contribution in [3.05, 3.63) is 35.7 Å². The molecule has 0 radical (unpaired) electrons. The maximum absolute atomic E-state index is 13.2. The van der Waals surface area contributed by atoms with E-state index in [1.54, 1.807) is 25.1 Å². The van der Waals surface area contributed by atoms with Crippen molar-refractivity contribution in [2.24, 2.45) is 0 Å². The lowest BCUT2D eigenvalue weighted by molar-refractivity contribution is -0.114. The molecule has 0 spiro atoms. The fraction of sp³-hybridized carbons (Fsp3) is 0.450. The summed E-state index contributed by atoms with van der Waals surface area (Å²) < 4.78 is 27.8. The number of carbonyl (C=O) groups is 1. The molecule has 0 aliphatic carbocycles. The Morgan fingerprint density at radius 2 is 1.73 bits per heavy atom. The minimum Gasteiger partial charge on any atom is -0.363 e. The molecule has 0 unspecified atom stereocenters. The highest BCUT2D eigenvalue weighted by Gasteiger charge is 2.30. The summed E-state index contributed by atoms with van der Waals surface area (Å²) in [5.41, 5.74) is 1.19. The van der Waals surface area contributed by atoms with Gasteiger partial charge in [0, 0.05) is 59.0 Å². The van der Waals surface area contributed by atoms with Crippen molar-refractivity contribution in [1.29, 1.82) is 0 Å². The number of piperazine rings is 1. The molecule has 1 saturated heterocycles. The summed E-state index contributed by atoms with van der Waals surface area (Å²) in [7, 11) is 0.232. The van der Waals surface area contributed by atoms with Crippen LogP contribution in [0.25, 0.3) is 0 Å². The van der Waals surface area contributed by atoms with Crippen molar-refractivity contribution in [1.82, 2.24) is 14.3 Å². The molecule has 9 nitrogen and oxygen atoms in total. The lowest BCUT2D eigenvalue weighted by Crippen LogP contribution is -2.49. The smallest absolute Gasteiger partial charge is 0.243 e. The molecule has 0 atom stereocenters. The van der Waals surface area contributed by atoms with Crippen LogP contribution in [0.2, 0.25) is 0 Å². The molecule has 1 aromatic heterocycles. The van der Waals surface area contributed by atoms with Gasteiger partial charge in [0.1, 0.15) is 17.5 Å². The SMILES string of the molecule is CC(=O)Nc1ccc(S(=O)(=O)N2CCN(c3cc(N(C)C)nc(C)n3)CC2)c(C)c1. The number of nitrogens with one attached hydrogen (secondary N) is 1. The number of hydrogen-bond acceptors (Lipinski definition) is 7. The Morgan fingerprint density at radius 3 is 2.30 bits per heavy atom. The van der Waals surface area contributed by atoms with Gasteiger partial charge in [-0.15, -0.1) is 0 Å². The fourth-order valence-corrected chi connectivity index (χ4v) is 5.07. The van der Waals surface area contributed by atoms with Gasteiger partial charge in [-0.2, -0.15) is 4.31 Å². The van der Waals surface area contributed by atoms with Gasteiger partial charge in [0.2, 0.25) is 15.9 Å². The van der Waals surface area contributed by atoms with Crippen molar-refractivity contribution in [2.45, 2.75) is 25.7 Å². The van der Waals surface area contributed by atoms with Gasteiger partial charge in [0.15, 0.2) is 0 Å². The Kier molecular flexibility index (Phi) is 6.27. The average molecular weight is 433 g/mol. The third kappa shape index (κ3) is 4.71. The van der Waals surface area contributed by atoms with E-state index >= 15 is 0 Å². The Labute approximate surface area is 177 Å². The monoisotopic (exact) mass is 432 g/mol. The molecule has 1 N–H and O–H groups in total. The molecular formula is C20H28N6O3S. The highest BCUT2D eigenvalue weighted by atomic mass is 32.2. The molecule has 2 heterocycles. The first kappa shape index (κ1) is 22.0. The van der Waals surface area contributed by atoms with E-state index in [0.717, 1.165) is 11.6 Å². The van der Waals surface area contributed by atoms with Crippen LogP contribution >= 0.6 is 0 Å². The minimum atomic E-state index is -3.62. The Hall–Kier alpha value is -2.72. The Morgan fingerprint density at radius 1 is 1.07 bits per heavy atom. The lowest BCUT2D eigenvalue weighted by atomic mass is 10.2. The summed E-state index contributed by atoms with van der Waals surface area (Å²) >= 11 is 0. The second-order valence-corrected chi connectivity index (χ2v) is 9.48. The molecule has 1 aliphatic heterocycles. The van der Waals surface area contributed by atoms with Crippen LogP contribution in [0.1, 0.15) is 18.3 Å². The number of sulfonamides is 1. The largest absolute Gasteiger partial charge is 0.363 e. The van der Waals surface area contributed by atoms with Crippen LogP contribution in [0.4, 0.5) is 17.3 Å². The molecule has 1 amide bonds. The predicted octanol–water partition coefficient (Wildman–Crippen LogP) is 1.63. The van der Waals surface area contributed by atoms with Crippen molar-refractivity contribution >= 4 is 33.3 Å². The summed E-state index contributed by atoms with van der Waals surface area (Å²) in [6.45, 7) is 6.84. The molecule has 1 aliphatic rings. The number of amides is 1. The third-order valence-corrected chi connectivity index (χ3v) is 7.00. The maximum Gasteiger partial charge on any atom is 0.243 e. The number of aryl methyl sites for hydroxylation is 2. The van der Waals surface area contributed by atoms with E-state index in [-0.39, 0.29) is 10.8 Å². The maximum atomic E-state index is 13.2. The summed E-state index contributed by atoms with van der Waals surface area (Å²) in [6.07, 6.45) is 0. The van der Waals surface area contributed by atoms with E-state index in [1.807, 2.05) is 32.0 Å². The van der Waals surface area contributed by atoms with Crippen molar-refractivity contribution in [2.75, 3.05) is 55.4 Å². The Bertz CT molecular complexity index is 1050. The van der Waals surface area contributed by atoms with E-state index in [4.69, 9.17) is 0 Å². The van der Waals surface area contributed by atoms with Gasteiger partial charge >= 0.3 is 0 Å². The molecule has 0 saturated carbocycles. The van der Waals surface area contributed by atoms with Gasteiger partial charge in [0.25, 0.3) is 0 Å². The van der Waals surface area contributed by atoms with Crippen molar-refractivity contribution < 1.29 is 13.2 Å². The molecule has 0 bridgehead atoms. The second kappa shape index (κ2) is 8.57. The van der Waals surface area contributed by atoms with Crippen LogP contribution in [0, 0.1) is 13.8 Å². The fourth-order valence-electron chi connectivity index (χ4n) is 3.44. The van der Waals surface area contributed by atoms with Crippen LogP contribution < -0.4 is 15.1 Å². The zero-order valence-electron chi connectivity index (χ0n) is 18.0. The van der Waals surface area contributed by atoms with E-state index in [1.165, 1.54) is 11.2 Å². The number of rotatable bonds is 5. The minimum absolute atomic E-state index is 0.196. The molecule has 3 rings (SSSR count). The second-order valence-electron chi connectivity index (χ2n) is 7.58. The van der Waals surface area contributed by atoms with Gasteiger partial charge in [0.05, 0.1) is 4.90 Å². The molecule has 30 heavy (non-hydrogen) atoms. The highest BCUT2D eigenvalue weighted by Crippen LogP contribution is 2.25. The molecule has 162 valence electrons. The molecule has 10 heteroatoms. The van der Waals surface area contributed by atoms with Crippen LogP contribution in [0.5, 0.6) is 0 Å². The van der Waals surface area contributed by atoms with Gasteiger partial charge in [-0.3, -0.25) is 4.79 Å². The quantitative estimate of drug-likeness (QED) is 0.767. The van der Waals surface area contributed by atoms with Gasteiger partial charge in [-0.05, 0) is 37.6 Å². The number of carbonyl (C=O) groups excluding carboxylic acids is 1. The summed E-state index contributed by atoms with van der Waals surface area (Å²) in [5, 5.41) is 2.68. The van der Waals surface area contributed by atoms with Crippen LogP contribution in [-0.2, 0) is 14.8 Å². The molecule has 2 aromatic rings. The molecule has 1 fully saturated rings. The first-order valence-corrected chi connectivity index (χ1v) is 11.2. The summed E-state index contributed by atoms with van der Waals surface area (Å²) in [5.74, 6) is 2.11. The normalized spacial score (nSPS) is 15.2. The average Bonchev–Trinajstić information content (AvgIpc) is 2.67. The van der Waals surface area contributed by atoms with Crippen molar-refractivity contribution in [3.63, 3.8) is 0 Å². The van der Waals surface area contributed by atoms with Crippen molar-refractivity contribution in [3.8, 4) is 0 Å². The highest BCUT2D eigenvalue weighted by molar-refractivity contribution is 7.89. The van der Waals surface area contributed by atoms with Gasteiger partial charge in [-0.1, -0.05) is 0 Å². The topological polar surface area (TPSA) is 98.7 Å². The van der Waals surface area contributed by atoms with E-state index in [9.17, 15) is 13.2 Å². The third-order valence-electron chi connectivity index (χ3n) is 4.94. The van der Waals surface area contributed by atoms with Crippen LogP contribution in [-0.4, -0.2) is 68.9 Å². The van der Waals surface area contributed by atoms with Crippen LogP contribution in [0.15, 0.2) is 29.2 Å². The summed E-state index contributed by atoms with van der Waals surface area (Å²) in [4.78, 5) is 24.4. The number of benzene rings is 1. The van der Waals surface area contributed by atoms with Crippen LogP contribution in [0.3, 0.4) is 0 Å². The van der Waals surface area contributed by atoms with Gasteiger partial charge < -0.3 is 15.1 Å². The van der Waals surface area contributed by atoms with E-state index < -0.39 is 10.0 Å². The van der Waals surface area contributed by atoms with E-state index in [2.05, 4.69) is 20.2 Å². The number of aromatic nitrogens is 2. The number of nitrogens with zero attached hydrogens (tertiary/aromatic N) is 5. The lowest BCUT2D eigenvalue weighted by Gasteiger charge is -2.35. The van der Waals surface area contributed by atoms with E-state index in [0.29, 0.717) is 43.3 Å².